The number of nitrogens with one attached hydrogen (secondary N) is 2. The van der Waals surface area contributed by atoms with Crippen molar-refractivity contribution in [1.29, 1.82) is 0 Å². The zero-order valence-electron chi connectivity index (χ0n) is 9.88. The monoisotopic (exact) mass is 269 g/mol. The van der Waals surface area contributed by atoms with Gasteiger partial charge in [-0.1, -0.05) is 18.2 Å². The number of hydrogen-bond acceptors (Lipinski definition) is 2. The minimum Gasteiger partial charge on any atom is -0.320 e. The van der Waals surface area contributed by atoms with Crippen LogP contribution in [0.2, 0.25) is 0 Å². The molecule has 0 fully saturated rings. The number of para-hydroxylation sites is 1. The lowest BCUT2D eigenvalue weighted by molar-refractivity contribution is -0.141. The van der Waals surface area contributed by atoms with Gasteiger partial charge < -0.3 is 5.32 Å². The zero-order chi connectivity index (χ0) is 14.0. The molecule has 100 valence electrons. The van der Waals surface area contributed by atoms with Gasteiger partial charge in [0.2, 0.25) is 0 Å². The van der Waals surface area contributed by atoms with E-state index in [0.717, 1.165) is 5.56 Å². The minimum absolute atomic E-state index is 0.310. The molecular formula is C12H10F3N3O. The Bertz CT molecular complexity index is 604. The van der Waals surface area contributed by atoms with Gasteiger partial charge in [0.15, 0.2) is 5.69 Å². The third kappa shape index (κ3) is 2.93. The second-order valence-electron chi connectivity index (χ2n) is 3.93. The molecule has 0 aliphatic carbocycles. The molecule has 2 rings (SSSR count). The molecule has 0 saturated carbocycles. The lowest BCUT2D eigenvalue weighted by Gasteiger charge is -2.05. The first-order valence-corrected chi connectivity index (χ1v) is 5.37. The Hall–Kier alpha value is -2.31. The van der Waals surface area contributed by atoms with E-state index >= 15 is 0 Å². The van der Waals surface area contributed by atoms with E-state index in [9.17, 15) is 18.0 Å². The summed E-state index contributed by atoms with van der Waals surface area (Å²) in [6, 6.07) is 7.62. The highest BCUT2D eigenvalue weighted by Gasteiger charge is 2.33. The van der Waals surface area contributed by atoms with Crippen molar-refractivity contribution in [1.82, 2.24) is 10.2 Å². The van der Waals surface area contributed by atoms with Crippen molar-refractivity contribution >= 4 is 11.6 Å². The van der Waals surface area contributed by atoms with Crippen molar-refractivity contribution in [2.75, 3.05) is 5.32 Å². The smallest absolute Gasteiger partial charge is 0.320 e. The number of carbonyl (C=O) groups excluding carboxylic acids is 1. The quantitative estimate of drug-likeness (QED) is 0.880. The predicted octanol–water partition coefficient (Wildman–Crippen LogP) is 2.99. The number of aryl methyl sites for hydroxylation is 1. The highest BCUT2D eigenvalue weighted by molar-refractivity contribution is 6.03. The number of aromatic amines is 1. The summed E-state index contributed by atoms with van der Waals surface area (Å²) in [5.74, 6) is -0.693. The van der Waals surface area contributed by atoms with Gasteiger partial charge in [0.25, 0.3) is 5.91 Å². The molecule has 1 heterocycles. The number of hydrogen-bond donors (Lipinski definition) is 2. The molecule has 0 bridgehead atoms. The van der Waals surface area contributed by atoms with E-state index in [1.54, 1.807) is 36.3 Å². The first-order chi connectivity index (χ1) is 8.88. The molecule has 19 heavy (non-hydrogen) atoms. The first-order valence-electron chi connectivity index (χ1n) is 5.37. The molecule has 0 radical (unpaired) electrons. The number of carbonyl (C=O) groups is 1. The molecular weight excluding hydrogens is 259 g/mol. The number of nitrogens with zero attached hydrogens (tertiary/aromatic N) is 1. The van der Waals surface area contributed by atoms with Gasteiger partial charge in [0, 0.05) is 11.8 Å². The predicted molar refractivity (Wildman–Crippen MR) is 62.7 cm³/mol. The van der Waals surface area contributed by atoms with E-state index < -0.39 is 17.8 Å². The van der Waals surface area contributed by atoms with Crippen molar-refractivity contribution in [3.05, 3.63) is 47.3 Å². The molecule has 1 aromatic heterocycles. The molecule has 2 aromatic rings. The van der Waals surface area contributed by atoms with Crippen LogP contribution in [0.15, 0.2) is 30.3 Å². The van der Waals surface area contributed by atoms with Crippen molar-refractivity contribution in [2.24, 2.45) is 0 Å². The number of rotatable bonds is 2. The van der Waals surface area contributed by atoms with Crippen molar-refractivity contribution < 1.29 is 18.0 Å². The number of aromatic nitrogens is 2. The topological polar surface area (TPSA) is 57.8 Å². The fraction of sp³-hybridized carbons (Fsp3) is 0.167. The molecule has 4 nitrogen and oxygen atoms in total. The lowest BCUT2D eigenvalue weighted by atomic mass is 10.2. The largest absolute Gasteiger partial charge is 0.432 e. The third-order valence-electron chi connectivity index (χ3n) is 2.51. The Morgan fingerprint density at radius 2 is 2.00 bits per heavy atom. The zero-order valence-corrected chi connectivity index (χ0v) is 9.88. The van der Waals surface area contributed by atoms with E-state index in [0.29, 0.717) is 11.8 Å². The van der Waals surface area contributed by atoms with Gasteiger partial charge in [0.05, 0.1) is 0 Å². The van der Waals surface area contributed by atoms with Crippen LogP contribution in [0.4, 0.5) is 18.9 Å². The normalized spacial score (nSPS) is 11.4. The highest BCUT2D eigenvalue weighted by atomic mass is 19.4. The first kappa shape index (κ1) is 13.1. The van der Waals surface area contributed by atoms with Crippen LogP contribution in [0.5, 0.6) is 0 Å². The second-order valence-corrected chi connectivity index (χ2v) is 3.93. The summed E-state index contributed by atoms with van der Waals surface area (Å²) < 4.78 is 37.1. The average molecular weight is 269 g/mol. The SMILES string of the molecule is Cc1ccccc1NC(=O)c1cc(C(F)(F)F)[nH]n1. The van der Waals surface area contributed by atoms with Crippen LogP contribution in [-0.4, -0.2) is 16.1 Å². The number of benzene rings is 1. The Morgan fingerprint density at radius 1 is 1.32 bits per heavy atom. The van der Waals surface area contributed by atoms with Crippen LogP contribution in [0, 0.1) is 6.92 Å². The van der Waals surface area contributed by atoms with Crippen LogP contribution < -0.4 is 5.32 Å². The van der Waals surface area contributed by atoms with E-state index in [2.05, 4.69) is 10.4 Å². The summed E-state index contributed by atoms with van der Waals surface area (Å²) in [6.07, 6.45) is -4.55. The van der Waals surface area contributed by atoms with Gasteiger partial charge in [-0.2, -0.15) is 18.3 Å². The molecule has 7 heteroatoms. The highest BCUT2D eigenvalue weighted by Crippen LogP contribution is 2.27. The third-order valence-corrected chi connectivity index (χ3v) is 2.51. The Balaban J connectivity index is 2.17. The van der Waals surface area contributed by atoms with Crippen molar-refractivity contribution in [3.8, 4) is 0 Å². The molecule has 0 spiro atoms. The molecule has 1 amide bonds. The van der Waals surface area contributed by atoms with Gasteiger partial charge in [-0.15, -0.1) is 0 Å². The number of alkyl halides is 3. The van der Waals surface area contributed by atoms with Gasteiger partial charge in [0.1, 0.15) is 5.69 Å². The molecule has 2 N–H and O–H groups in total. The average Bonchev–Trinajstić information content (AvgIpc) is 2.81. The molecule has 0 aliphatic heterocycles. The van der Waals surface area contributed by atoms with Gasteiger partial charge in [-0.3, -0.25) is 9.89 Å². The maximum Gasteiger partial charge on any atom is 0.432 e. The van der Waals surface area contributed by atoms with Gasteiger partial charge in [-0.05, 0) is 18.6 Å². The Labute approximate surface area is 106 Å². The van der Waals surface area contributed by atoms with Crippen LogP contribution in [-0.2, 0) is 6.18 Å². The summed E-state index contributed by atoms with van der Waals surface area (Å²) in [4.78, 5) is 11.7. The molecule has 1 aromatic carbocycles. The van der Waals surface area contributed by atoms with E-state index in [1.807, 2.05) is 0 Å². The van der Waals surface area contributed by atoms with Crippen molar-refractivity contribution in [3.63, 3.8) is 0 Å². The number of H-pyrrole nitrogens is 1. The molecule has 0 aliphatic rings. The van der Waals surface area contributed by atoms with E-state index in [-0.39, 0.29) is 5.69 Å². The summed E-state index contributed by atoms with van der Waals surface area (Å²) >= 11 is 0. The Morgan fingerprint density at radius 3 is 2.58 bits per heavy atom. The standard InChI is InChI=1S/C12H10F3N3O/c1-7-4-2-3-5-8(7)16-11(19)9-6-10(18-17-9)12(13,14)15/h2-6H,1H3,(H,16,19)(H,17,18). The number of amides is 1. The lowest BCUT2D eigenvalue weighted by Crippen LogP contribution is -2.13. The summed E-state index contributed by atoms with van der Waals surface area (Å²) in [6.45, 7) is 1.78. The number of halogens is 3. The second kappa shape index (κ2) is 4.75. The Kier molecular flexibility index (Phi) is 3.28. The number of anilines is 1. The summed E-state index contributed by atoms with van der Waals surface area (Å²) in [5, 5.41) is 7.65. The van der Waals surface area contributed by atoms with Crippen LogP contribution in [0.25, 0.3) is 0 Å². The van der Waals surface area contributed by atoms with Crippen LogP contribution in [0.1, 0.15) is 21.7 Å². The summed E-state index contributed by atoms with van der Waals surface area (Å²) in [5.41, 5.74) is -0.0236. The fourth-order valence-electron chi connectivity index (χ4n) is 1.48. The van der Waals surface area contributed by atoms with Gasteiger partial charge in [-0.25, -0.2) is 0 Å². The van der Waals surface area contributed by atoms with E-state index in [1.165, 1.54) is 0 Å². The maximum atomic E-state index is 12.4. The summed E-state index contributed by atoms with van der Waals surface area (Å²) in [7, 11) is 0. The van der Waals surface area contributed by atoms with Crippen molar-refractivity contribution in [2.45, 2.75) is 13.1 Å². The van der Waals surface area contributed by atoms with E-state index in [4.69, 9.17) is 0 Å². The minimum atomic E-state index is -4.55. The molecule has 0 saturated heterocycles. The van der Waals surface area contributed by atoms with Gasteiger partial charge >= 0.3 is 6.18 Å². The van der Waals surface area contributed by atoms with Crippen LogP contribution >= 0.6 is 0 Å². The molecule has 0 atom stereocenters. The fourth-order valence-corrected chi connectivity index (χ4v) is 1.48. The molecule has 0 unspecified atom stereocenters. The van der Waals surface area contributed by atoms with Crippen LogP contribution in [0.3, 0.4) is 0 Å². The maximum absolute atomic E-state index is 12.4.